The van der Waals surface area contributed by atoms with Crippen molar-refractivity contribution in [2.45, 2.75) is 26.3 Å². The van der Waals surface area contributed by atoms with Gasteiger partial charge >= 0.3 is 0 Å². The average molecular weight is 320 g/mol. The molecule has 1 N–H and O–H groups in total. The summed E-state index contributed by atoms with van der Waals surface area (Å²) in [6, 6.07) is 0.333. The molecule has 1 rings (SSSR count). The fourth-order valence-corrected chi connectivity index (χ4v) is 2.64. The number of hydrogen-bond donors (Lipinski definition) is 1. The van der Waals surface area contributed by atoms with Gasteiger partial charge in [-0.25, -0.2) is 4.68 Å². The highest BCUT2D eigenvalue weighted by Crippen LogP contribution is 2.18. The van der Waals surface area contributed by atoms with Crippen LogP contribution in [0.15, 0.2) is 15.5 Å². The predicted octanol–water partition coefficient (Wildman–Crippen LogP) is 2.49. The summed E-state index contributed by atoms with van der Waals surface area (Å²) in [4.78, 5) is 11.6. The Morgan fingerprint density at radius 2 is 2.35 bits per heavy atom. The molecule has 1 aromatic rings. The number of aromatic nitrogens is 2. The number of halogens is 1. The Morgan fingerprint density at radius 3 is 3.00 bits per heavy atom. The van der Waals surface area contributed by atoms with E-state index in [1.165, 1.54) is 4.68 Å². The van der Waals surface area contributed by atoms with Crippen molar-refractivity contribution in [2.24, 2.45) is 7.05 Å². The highest BCUT2D eigenvalue weighted by molar-refractivity contribution is 9.10. The summed E-state index contributed by atoms with van der Waals surface area (Å²) >= 11 is 5.22. The van der Waals surface area contributed by atoms with E-state index in [0.717, 1.165) is 23.6 Å². The van der Waals surface area contributed by atoms with Gasteiger partial charge in [0.15, 0.2) is 0 Å². The van der Waals surface area contributed by atoms with Crippen LogP contribution >= 0.6 is 27.7 Å². The average Bonchev–Trinajstić information content (AvgIpc) is 2.30. The van der Waals surface area contributed by atoms with E-state index in [1.807, 2.05) is 11.8 Å². The zero-order chi connectivity index (χ0) is 12.8. The molecule has 1 heterocycles. The number of nitrogens with one attached hydrogen (secondary N) is 1. The van der Waals surface area contributed by atoms with E-state index < -0.39 is 0 Å². The SMILES string of the molecule is CCSCCC(C)Nc1cnn(C)c(=O)c1Br. The molecule has 0 radical (unpaired) electrons. The number of nitrogens with zero attached hydrogens (tertiary/aromatic N) is 2. The molecule has 0 amide bonds. The van der Waals surface area contributed by atoms with E-state index in [4.69, 9.17) is 0 Å². The van der Waals surface area contributed by atoms with Crippen molar-refractivity contribution in [3.63, 3.8) is 0 Å². The second-order valence-corrected chi connectivity index (χ2v) is 6.02. The molecule has 0 saturated heterocycles. The minimum absolute atomic E-state index is 0.120. The second-order valence-electron chi connectivity index (χ2n) is 3.83. The molecule has 17 heavy (non-hydrogen) atoms. The van der Waals surface area contributed by atoms with Gasteiger partial charge in [0.05, 0.1) is 11.9 Å². The van der Waals surface area contributed by atoms with Gasteiger partial charge in [-0.3, -0.25) is 4.79 Å². The van der Waals surface area contributed by atoms with Crippen LogP contribution in [-0.4, -0.2) is 27.3 Å². The number of anilines is 1. The van der Waals surface area contributed by atoms with Crippen LogP contribution < -0.4 is 10.9 Å². The van der Waals surface area contributed by atoms with Gasteiger partial charge in [0.2, 0.25) is 0 Å². The van der Waals surface area contributed by atoms with Crippen LogP contribution in [0, 0.1) is 0 Å². The molecule has 0 aliphatic carbocycles. The number of rotatable bonds is 6. The topological polar surface area (TPSA) is 46.9 Å². The molecule has 6 heteroatoms. The molecule has 96 valence electrons. The lowest BCUT2D eigenvalue weighted by Crippen LogP contribution is -2.24. The molecule has 4 nitrogen and oxygen atoms in total. The molecule has 0 aliphatic rings. The lowest BCUT2D eigenvalue weighted by molar-refractivity contribution is 0.697. The molecule has 1 atom stereocenters. The predicted molar refractivity (Wildman–Crippen MR) is 77.9 cm³/mol. The fourth-order valence-electron chi connectivity index (χ4n) is 1.35. The zero-order valence-electron chi connectivity index (χ0n) is 10.4. The van der Waals surface area contributed by atoms with E-state index in [-0.39, 0.29) is 5.56 Å². The van der Waals surface area contributed by atoms with Crippen molar-refractivity contribution in [3.8, 4) is 0 Å². The molecule has 1 aromatic heterocycles. The van der Waals surface area contributed by atoms with Gasteiger partial charge in [-0.2, -0.15) is 16.9 Å². The monoisotopic (exact) mass is 319 g/mol. The summed E-state index contributed by atoms with van der Waals surface area (Å²) in [5.74, 6) is 2.27. The minimum Gasteiger partial charge on any atom is -0.380 e. The van der Waals surface area contributed by atoms with Crippen LogP contribution in [0.3, 0.4) is 0 Å². The molecule has 0 bridgehead atoms. The van der Waals surface area contributed by atoms with Crippen molar-refractivity contribution >= 4 is 33.4 Å². The molecule has 1 unspecified atom stereocenters. The number of aryl methyl sites for hydroxylation is 1. The molecule has 0 saturated carbocycles. The lowest BCUT2D eigenvalue weighted by Gasteiger charge is -2.15. The van der Waals surface area contributed by atoms with Crippen LogP contribution in [0.4, 0.5) is 5.69 Å². The Balaban J connectivity index is 2.63. The minimum atomic E-state index is -0.120. The third-order valence-electron chi connectivity index (χ3n) is 2.38. The van der Waals surface area contributed by atoms with Crippen molar-refractivity contribution in [1.82, 2.24) is 9.78 Å². The lowest BCUT2D eigenvalue weighted by atomic mass is 10.2. The third kappa shape index (κ3) is 4.35. The summed E-state index contributed by atoms with van der Waals surface area (Å²) in [6.45, 7) is 4.27. The maximum absolute atomic E-state index is 11.6. The summed E-state index contributed by atoms with van der Waals surface area (Å²) in [6.07, 6.45) is 2.75. The number of thioether (sulfide) groups is 1. The van der Waals surface area contributed by atoms with Crippen LogP contribution in [0.5, 0.6) is 0 Å². The largest absolute Gasteiger partial charge is 0.380 e. The van der Waals surface area contributed by atoms with Crippen molar-refractivity contribution in [3.05, 3.63) is 21.0 Å². The summed E-state index contributed by atoms with van der Waals surface area (Å²) in [7, 11) is 1.64. The molecule has 0 spiro atoms. The standard InChI is InChI=1S/C11H18BrN3OS/c1-4-17-6-5-8(2)14-9-7-13-15(3)11(16)10(9)12/h7-8,14H,4-6H2,1-3H3. The summed E-state index contributed by atoms with van der Waals surface area (Å²) in [5, 5.41) is 7.30. The maximum atomic E-state index is 11.6. The van der Waals surface area contributed by atoms with Gasteiger partial charge in [-0.1, -0.05) is 6.92 Å². The van der Waals surface area contributed by atoms with Gasteiger partial charge in [0, 0.05) is 13.1 Å². The van der Waals surface area contributed by atoms with Gasteiger partial charge in [-0.05, 0) is 40.8 Å². The molecular formula is C11H18BrN3OS. The van der Waals surface area contributed by atoms with E-state index in [0.29, 0.717) is 10.5 Å². The van der Waals surface area contributed by atoms with E-state index in [2.05, 4.69) is 40.2 Å². The Hall–Kier alpha value is -0.490. The molecule has 0 aliphatic heterocycles. The van der Waals surface area contributed by atoms with Gasteiger partial charge in [0.25, 0.3) is 5.56 Å². The second kappa shape index (κ2) is 7.06. The first kappa shape index (κ1) is 14.6. The summed E-state index contributed by atoms with van der Waals surface area (Å²) < 4.78 is 1.86. The molecule has 0 aromatic carbocycles. The Kier molecular flexibility index (Phi) is 6.05. The van der Waals surface area contributed by atoms with Crippen LogP contribution in [0.2, 0.25) is 0 Å². The van der Waals surface area contributed by atoms with Crippen LogP contribution in [0.25, 0.3) is 0 Å². The first-order valence-electron chi connectivity index (χ1n) is 5.62. The molecular weight excluding hydrogens is 302 g/mol. The first-order valence-corrected chi connectivity index (χ1v) is 7.57. The van der Waals surface area contributed by atoms with Gasteiger partial charge in [0.1, 0.15) is 4.47 Å². The van der Waals surface area contributed by atoms with Crippen molar-refractivity contribution < 1.29 is 0 Å². The van der Waals surface area contributed by atoms with E-state index in [1.54, 1.807) is 13.2 Å². The van der Waals surface area contributed by atoms with Crippen molar-refractivity contribution in [2.75, 3.05) is 16.8 Å². The Labute approximate surface area is 114 Å². The fraction of sp³-hybridized carbons (Fsp3) is 0.636. The van der Waals surface area contributed by atoms with Crippen LogP contribution in [-0.2, 0) is 7.05 Å². The summed E-state index contributed by atoms with van der Waals surface area (Å²) in [5.41, 5.74) is 0.646. The highest BCUT2D eigenvalue weighted by atomic mass is 79.9. The quantitative estimate of drug-likeness (QED) is 0.818. The van der Waals surface area contributed by atoms with E-state index in [9.17, 15) is 4.79 Å². The van der Waals surface area contributed by atoms with Crippen LogP contribution in [0.1, 0.15) is 20.3 Å². The van der Waals surface area contributed by atoms with Crippen molar-refractivity contribution in [1.29, 1.82) is 0 Å². The van der Waals surface area contributed by atoms with E-state index >= 15 is 0 Å². The van der Waals surface area contributed by atoms with Gasteiger partial charge < -0.3 is 5.32 Å². The highest BCUT2D eigenvalue weighted by Gasteiger charge is 2.09. The third-order valence-corrected chi connectivity index (χ3v) is 4.08. The Bertz CT molecular complexity index is 422. The zero-order valence-corrected chi connectivity index (χ0v) is 12.8. The number of hydrogen-bond acceptors (Lipinski definition) is 4. The Morgan fingerprint density at radius 1 is 1.65 bits per heavy atom. The molecule has 0 fully saturated rings. The smallest absolute Gasteiger partial charge is 0.282 e. The maximum Gasteiger partial charge on any atom is 0.282 e. The van der Waals surface area contributed by atoms with Gasteiger partial charge in [-0.15, -0.1) is 0 Å². The first-order chi connectivity index (χ1) is 8.06. The normalized spacial score (nSPS) is 12.5.